The number of fused-ring (bicyclic) bond motifs is 9. The van der Waals surface area contributed by atoms with Crippen LogP contribution in [-0.4, -0.2) is 21.1 Å². The zero-order valence-electron chi connectivity index (χ0n) is 54.8. The van der Waals surface area contributed by atoms with Gasteiger partial charge in [-0.2, -0.15) is 12.1 Å². The van der Waals surface area contributed by atoms with Crippen LogP contribution in [-0.2, 0) is 24.8 Å². The summed E-state index contributed by atoms with van der Waals surface area (Å²) < 4.78 is 135. The van der Waals surface area contributed by atoms with Crippen molar-refractivity contribution in [2.75, 3.05) is 9.62 Å². The van der Waals surface area contributed by atoms with Crippen LogP contribution in [0.2, 0.25) is 0 Å². The molecule has 2 aliphatic heterocycles. The second kappa shape index (κ2) is 18.3. The van der Waals surface area contributed by atoms with Crippen molar-refractivity contribution in [3.05, 3.63) is 244 Å². The molecule has 2 aromatic heterocycles. The zero-order chi connectivity index (χ0) is 63.0. The normalized spacial score (nSPS) is 15.9. The van der Waals surface area contributed by atoms with Gasteiger partial charge < -0.3 is 0 Å². The van der Waals surface area contributed by atoms with Gasteiger partial charge in [-0.15, -0.1) is 6.07 Å². The van der Waals surface area contributed by atoms with E-state index in [1.807, 2.05) is 111 Å². The van der Waals surface area contributed by atoms with Gasteiger partial charge in [0.15, 0.2) is 0 Å². The molecule has 11 aromatic rings. The van der Waals surface area contributed by atoms with E-state index >= 15 is 0 Å². The molecule has 8 heteroatoms. The molecule has 0 aliphatic carbocycles. The summed E-state index contributed by atoms with van der Waals surface area (Å²) in [7, 11) is 0. The molecular weight excluding hydrogens is 1100 g/mol. The fraction of sp³-hybridized carbons (Fsp3) is 0.104. The first-order valence-corrected chi connectivity index (χ1v) is 25.5. The fourth-order valence-electron chi connectivity index (χ4n) is 10.6. The Morgan fingerprint density at radius 1 is 0.613 bits per heavy atom. The van der Waals surface area contributed by atoms with Gasteiger partial charge in [0.05, 0.1) is 0 Å². The zero-order valence-corrected chi connectivity index (χ0v) is 43.1. The number of anilines is 4. The molecule has 0 fully saturated rings. The molecule has 75 heavy (non-hydrogen) atoms. The molecule has 6 nitrogen and oxygen atoms in total. The van der Waals surface area contributed by atoms with Crippen LogP contribution in [0.15, 0.2) is 206 Å². The van der Waals surface area contributed by atoms with Gasteiger partial charge in [0.25, 0.3) is 0 Å². The third-order valence-electron chi connectivity index (χ3n) is 13.9. The van der Waals surface area contributed by atoms with E-state index in [9.17, 15) is 2.74 Å². The summed E-state index contributed by atoms with van der Waals surface area (Å²) >= 11 is 2.16. The van der Waals surface area contributed by atoms with Gasteiger partial charge in [-0.25, -0.2) is 0 Å². The summed E-state index contributed by atoms with van der Waals surface area (Å²) in [6.45, 7) is -2.61. The summed E-state index contributed by atoms with van der Waals surface area (Å²) in [6.07, 6.45) is 0. The Balaban J connectivity index is 1.08. The van der Waals surface area contributed by atoms with Crippen molar-refractivity contribution in [1.29, 1.82) is 0 Å². The topological polar surface area (TPSA) is 38.5 Å². The number of hydrogen-bond acceptors (Lipinski definition) is 4. The van der Waals surface area contributed by atoms with Crippen molar-refractivity contribution < 1.29 is 43.3 Å². The first-order chi connectivity index (χ1) is 42.2. The van der Waals surface area contributed by atoms with Gasteiger partial charge in [-0.1, -0.05) is 42.5 Å². The minimum absolute atomic E-state index is 0.0328. The van der Waals surface area contributed by atoms with E-state index in [0.717, 1.165) is 39.1 Å². The standard InChI is InChI=1S/C67H52BN5O.Pt/c1-44-37-63(73-62-36-17-16-35-61(62)72-58-32-13-11-28-56(58)55-27-10-12-31-57(55)68(72)73)69-64(38-44)74-52-41-49(65-45(2)21-18-22-46(65)3)40-51(42-52)70-43-71(60-34-15-14-33-59(60)70)66-53(47-23-8-7-9-24-47)29-20-30-54(66)48-25-19-26-50(39-48)67(4,5)6;/h7-35,37-41H,1-6H3;/q-2;/i1D3,2D3,3D3,7D,8D,9D,23D,24D;. The minimum atomic E-state index is -2.83. The third kappa shape index (κ3) is 7.92. The molecule has 0 atom stereocenters. The fourth-order valence-corrected chi connectivity index (χ4v) is 11.7. The number of aromatic nitrogens is 3. The van der Waals surface area contributed by atoms with Crippen molar-refractivity contribution >= 4 is 46.4 Å². The summed E-state index contributed by atoms with van der Waals surface area (Å²) in [6, 6.07) is 57.2. The Kier molecular flexibility index (Phi) is 8.18. The maximum absolute atomic E-state index is 9.33. The second-order valence-corrected chi connectivity index (χ2v) is 20.6. The summed E-state index contributed by atoms with van der Waals surface area (Å²) in [5.74, 6) is -0.0610. The van der Waals surface area contributed by atoms with E-state index in [1.54, 1.807) is 24.3 Å². The van der Waals surface area contributed by atoms with Crippen LogP contribution < -0.4 is 19.8 Å². The predicted molar refractivity (Wildman–Crippen MR) is 305 cm³/mol. The van der Waals surface area contributed by atoms with Gasteiger partial charge >= 0.3 is 388 Å². The van der Waals surface area contributed by atoms with E-state index in [1.165, 1.54) is 36.4 Å². The van der Waals surface area contributed by atoms with Crippen LogP contribution in [0.1, 0.15) is 62.2 Å². The van der Waals surface area contributed by atoms with Crippen LogP contribution in [0.25, 0.3) is 66.9 Å². The number of hydrogen-bond donors (Lipinski definition) is 0. The summed E-state index contributed by atoms with van der Waals surface area (Å²) in [5.41, 5.74) is 8.92. The number of para-hydroxylation sites is 5. The van der Waals surface area contributed by atoms with Crippen molar-refractivity contribution in [3.8, 4) is 67.5 Å². The second-order valence-electron chi connectivity index (χ2n) is 19.6. The van der Waals surface area contributed by atoms with E-state index in [2.05, 4.69) is 75.3 Å². The molecule has 13 rings (SSSR count). The molecule has 0 amide bonds. The SMILES string of the molecule is [2H]c1c([2H])c([2H])c(-c2cccc(-c3cccc(C(C)(C)C)c3)c2-n2[c](=[Pt])n(-c3[c-]c(Oc4cc(C([2H])([2H])[2H])cc(N5B6c7ccccc7-c7ccccc7N6c6ccc[c-]c65)n4)cc(-c4c(C([2H])([2H])[2H])cccc4C([2H])([2H])[2H])c3)c3ccccc32)c([2H])c1[2H]. The molecule has 0 N–H and O–H groups in total. The quantitative estimate of drug-likeness (QED) is 0.112. The van der Waals surface area contributed by atoms with Gasteiger partial charge in [-0.3, -0.25) is 0 Å². The Labute approximate surface area is 470 Å². The van der Waals surface area contributed by atoms with E-state index in [4.69, 9.17) is 26.2 Å². The van der Waals surface area contributed by atoms with Crippen LogP contribution >= 0.6 is 0 Å². The van der Waals surface area contributed by atoms with Gasteiger partial charge in [0.2, 0.25) is 0 Å². The Morgan fingerprint density at radius 3 is 2.09 bits per heavy atom. The summed E-state index contributed by atoms with van der Waals surface area (Å²) in [4.78, 5) is 9.26. The molecule has 0 spiro atoms. The predicted octanol–water partition coefficient (Wildman–Crippen LogP) is 16.2. The molecule has 2 aliphatic rings. The van der Waals surface area contributed by atoms with E-state index in [-0.39, 0.29) is 61.9 Å². The monoisotopic (exact) mass is 1160 g/mol. The average molecular weight is 1160 g/mol. The molecule has 0 radical (unpaired) electrons. The van der Waals surface area contributed by atoms with Crippen molar-refractivity contribution in [2.24, 2.45) is 0 Å². The van der Waals surface area contributed by atoms with Gasteiger partial charge in [0, 0.05) is 11.3 Å². The number of imidazole rings is 1. The Hall–Kier alpha value is -8.25. The average Bonchev–Trinajstić information content (AvgIpc) is 1.61. The molecule has 0 saturated carbocycles. The Morgan fingerprint density at radius 2 is 1.31 bits per heavy atom. The first-order valence-electron chi connectivity index (χ1n) is 31.4. The summed E-state index contributed by atoms with van der Waals surface area (Å²) in [5, 5.41) is 0. The van der Waals surface area contributed by atoms with E-state index in [0.29, 0.717) is 37.3 Å². The van der Waals surface area contributed by atoms with Crippen molar-refractivity contribution in [1.82, 2.24) is 14.1 Å². The molecular formula is C67H52BN5OPt-2. The molecule has 366 valence electrons. The van der Waals surface area contributed by atoms with Crippen molar-refractivity contribution in [3.63, 3.8) is 0 Å². The van der Waals surface area contributed by atoms with Crippen LogP contribution in [0.3, 0.4) is 0 Å². The van der Waals surface area contributed by atoms with Gasteiger partial charge in [0.1, 0.15) is 0 Å². The number of benzene rings is 9. The van der Waals surface area contributed by atoms with Crippen LogP contribution in [0.5, 0.6) is 11.6 Å². The molecule has 0 unspecified atom stereocenters. The molecule has 4 heterocycles. The number of pyridine rings is 1. The van der Waals surface area contributed by atoms with Crippen LogP contribution in [0, 0.1) is 36.5 Å². The maximum atomic E-state index is 9.33. The molecule has 0 saturated heterocycles. The molecule has 0 bridgehead atoms. The van der Waals surface area contributed by atoms with Crippen LogP contribution in [0.4, 0.5) is 22.9 Å². The van der Waals surface area contributed by atoms with Gasteiger partial charge in [-0.05, 0) is 11.6 Å². The number of ether oxygens (including phenoxy) is 1. The number of rotatable bonds is 8. The first kappa shape index (κ1) is 33.5. The molecule has 9 aromatic carbocycles. The Bertz CT molecular complexity index is 4740. The number of aryl methyl sites for hydroxylation is 3. The van der Waals surface area contributed by atoms with E-state index < -0.39 is 57.8 Å². The number of nitrogens with zero attached hydrogens (tertiary/aromatic N) is 5. The van der Waals surface area contributed by atoms with Crippen molar-refractivity contribution in [2.45, 2.75) is 46.7 Å². The third-order valence-corrected chi connectivity index (χ3v) is 15.0.